The third kappa shape index (κ3) is 3.79. The van der Waals surface area contributed by atoms with Crippen LogP contribution in [-0.4, -0.2) is 5.97 Å². The van der Waals surface area contributed by atoms with Gasteiger partial charge in [0.15, 0.2) is 0 Å². The molecular weight excluding hydrogens is 488 g/mol. The van der Waals surface area contributed by atoms with Gasteiger partial charge in [-0.3, -0.25) is 0 Å². The molecule has 1 aromatic heterocycles. The molecule has 0 bridgehead atoms. The maximum absolute atomic E-state index is 12.6. The van der Waals surface area contributed by atoms with Crippen LogP contribution in [0.15, 0.2) is 91.0 Å². The zero-order valence-electron chi connectivity index (χ0n) is 14.3. The minimum absolute atomic E-state index is 0.162. The maximum Gasteiger partial charge on any atom is 0.351 e. The quantitative estimate of drug-likeness (QED) is 0.191. The summed E-state index contributed by atoms with van der Waals surface area (Å²) in [6, 6.07) is 21.9. The summed E-state index contributed by atoms with van der Waals surface area (Å²) in [6.07, 6.45) is 0. The van der Waals surface area contributed by atoms with Crippen molar-refractivity contribution in [2.75, 3.05) is 0 Å². The highest BCUT2D eigenvalue weighted by atomic mass is 79.9. The number of hydrogen-bond acceptors (Lipinski definition) is 4. The number of hydrogen-bond donors (Lipinski definition) is 0. The SMILES string of the molecule is O=C(Oc1ccc(-c2ccccc2)cc1Br)c1cc2cc(Br)ccc2oc1=O. The number of carbonyl (C=O) groups excluding carboxylic acids is 1. The van der Waals surface area contributed by atoms with Crippen molar-refractivity contribution in [3.05, 3.63) is 97.7 Å². The van der Waals surface area contributed by atoms with Crippen molar-refractivity contribution in [2.45, 2.75) is 0 Å². The average molecular weight is 500 g/mol. The fraction of sp³-hybridized carbons (Fsp3) is 0. The van der Waals surface area contributed by atoms with Crippen LogP contribution in [0, 0.1) is 0 Å². The Morgan fingerprint density at radius 3 is 2.39 bits per heavy atom. The summed E-state index contributed by atoms with van der Waals surface area (Å²) in [5.41, 5.74) is 1.52. The molecule has 0 saturated carbocycles. The normalized spacial score (nSPS) is 10.8. The Labute approximate surface area is 177 Å². The highest BCUT2D eigenvalue weighted by Gasteiger charge is 2.18. The molecule has 1 heterocycles. The second-order valence-electron chi connectivity index (χ2n) is 6.03. The van der Waals surface area contributed by atoms with Crippen molar-refractivity contribution in [2.24, 2.45) is 0 Å². The molecule has 0 spiro atoms. The predicted octanol–water partition coefficient (Wildman–Crippen LogP) is 6.20. The molecular formula is C22H12Br2O4. The molecule has 0 saturated heterocycles. The fourth-order valence-electron chi connectivity index (χ4n) is 2.79. The van der Waals surface area contributed by atoms with E-state index < -0.39 is 11.6 Å². The molecule has 4 nitrogen and oxygen atoms in total. The third-order valence-electron chi connectivity index (χ3n) is 4.16. The lowest BCUT2D eigenvalue weighted by molar-refractivity contribution is 0.0729. The summed E-state index contributed by atoms with van der Waals surface area (Å²) in [6.45, 7) is 0. The van der Waals surface area contributed by atoms with Gasteiger partial charge in [0.2, 0.25) is 0 Å². The van der Waals surface area contributed by atoms with Crippen molar-refractivity contribution in [1.82, 2.24) is 0 Å². The van der Waals surface area contributed by atoms with Crippen LogP contribution in [0.5, 0.6) is 5.75 Å². The molecule has 0 aliphatic heterocycles. The highest BCUT2D eigenvalue weighted by Crippen LogP contribution is 2.31. The Bertz CT molecular complexity index is 1250. The van der Waals surface area contributed by atoms with Gasteiger partial charge in [-0.2, -0.15) is 0 Å². The van der Waals surface area contributed by atoms with Gasteiger partial charge < -0.3 is 9.15 Å². The predicted molar refractivity (Wildman–Crippen MR) is 115 cm³/mol. The Hall–Kier alpha value is -2.70. The summed E-state index contributed by atoms with van der Waals surface area (Å²) in [7, 11) is 0. The van der Waals surface area contributed by atoms with Crippen LogP contribution in [0.4, 0.5) is 0 Å². The zero-order chi connectivity index (χ0) is 19.7. The number of rotatable bonds is 3. The van der Waals surface area contributed by atoms with Crippen molar-refractivity contribution in [3.8, 4) is 16.9 Å². The standard InChI is InChI=1S/C22H12Br2O4/c23-16-7-9-19-15(10-16)11-17(21(25)27-19)22(26)28-20-8-6-14(12-18(20)24)13-4-2-1-3-5-13/h1-12H. The number of halogens is 2. The van der Waals surface area contributed by atoms with Crippen LogP contribution in [0.2, 0.25) is 0 Å². The first-order valence-electron chi connectivity index (χ1n) is 8.32. The minimum Gasteiger partial charge on any atom is -0.422 e. The first-order valence-corrected chi connectivity index (χ1v) is 9.90. The number of carbonyl (C=O) groups is 1. The van der Waals surface area contributed by atoms with E-state index in [1.165, 1.54) is 6.07 Å². The Morgan fingerprint density at radius 1 is 0.857 bits per heavy atom. The number of fused-ring (bicyclic) bond motifs is 1. The maximum atomic E-state index is 12.6. The van der Waals surface area contributed by atoms with Crippen molar-refractivity contribution in [1.29, 1.82) is 0 Å². The van der Waals surface area contributed by atoms with Gasteiger partial charge in [0.25, 0.3) is 0 Å². The van der Waals surface area contributed by atoms with Gasteiger partial charge in [-0.25, -0.2) is 9.59 Å². The van der Waals surface area contributed by atoms with Crippen LogP contribution in [0.25, 0.3) is 22.1 Å². The Kier molecular flexibility index (Phi) is 5.15. The van der Waals surface area contributed by atoms with E-state index in [1.54, 1.807) is 24.3 Å². The Morgan fingerprint density at radius 2 is 1.64 bits per heavy atom. The van der Waals surface area contributed by atoms with Gasteiger partial charge >= 0.3 is 11.6 Å². The van der Waals surface area contributed by atoms with Gasteiger partial charge in [0, 0.05) is 9.86 Å². The molecule has 0 atom stereocenters. The van der Waals surface area contributed by atoms with Crippen LogP contribution < -0.4 is 10.4 Å². The summed E-state index contributed by atoms with van der Waals surface area (Å²) >= 11 is 6.79. The molecule has 138 valence electrons. The van der Waals surface area contributed by atoms with E-state index in [0.29, 0.717) is 21.2 Å². The lowest BCUT2D eigenvalue weighted by atomic mass is 10.1. The monoisotopic (exact) mass is 498 g/mol. The summed E-state index contributed by atoms with van der Waals surface area (Å²) < 4.78 is 12.1. The van der Waals surface area contributed by atoms with Crippen LogP contribution >= 0.6 is 31.9 Å². The van der Waals surface area contributed by atoms with Crippen molar-refractivity contribution < 1.29 is 13.9 Å². The van der Waals surface area contributed by atoms with Gasteiger partial charge in [0.1, 0.15) is 16.9 Å². The topological polar surface area (TPSA) is 56.5 Å². The lowest BCUT2D eigenvalue weighted by Gasteiger charge is -2.09. The minimum atomic E-state index is -0.774. The second kappa shape index (κ2) is 7.73. The fourth-order valence-corrected chi connectivity index (χ4v) is 3.62. The first kappa shape index (κ1) is 18.7. The summed E-state index contributed by atoms with van der Waals surface area (Å²) in [4.78, 5) is 24.7. The Balaban J connectivity index is 1.64. The molecule has 0 aliphatic rings. The number of ether oxygens (including phenoxy) is 1. The average Bonchev–Trinajstić information content (AvgIpc) is 2.70. The highest BCUT2D eigenvalue weighted by molar-refractivity contribution is 9.10. The van der Waals surface area contributed by atoms with E-state index in [4.69, 9.17) is 9.15 Å². The van der Waals surface area contributed by atoms with Gasteiger partial charge in [-0.15, -0.1) is 0 Å². The molecule has 4 rings (SSSR count). The van der Waals surface area contributed by atoms with Crippen molar-refractivity contribution >= 4 is 48.8 Å². The van der Waals surface area contributed by atoms with E-state index in [9.17, 15) is 9.59 Å². The second-order valence-corrected chi connectivity index (χ2v) is 7.80. The van der Waals surface area contributed by atoms with Gasteiger partial charge in [-0.05, 0) is 63.5 Å². The summed E-state index contributed by atoms with van der Waals surface area (Å²) in [5.74, 6) is -0.456. The van der Waals surface area contributed by atoms with Gasteiger partial charge in [-0.1, -0.05) is 52.3 Å². The van der Waals surface area contributed by atoms with E-state index in [0.717, 1.165) is 15.6 Å². The zero-order valence-corrected chi connectivity index (χ0v) is 17.5. The molecule has 28 heavy (non-hydrogen) atoms. The van der Waals surface area contributed by atoms with E-state index in [1.807, 2.05) is 42.5 Å². The number of benzene rings is 3. The van der Waals surface area contributed by atoms with Crippen LogP contribution in [-0.2, 0) is 0 Å². The number of esters is 1. The molecule has 0 radical (unpaired) electrons. The van der Waals surface area contributed by atoms with E-state index >= 15 is 0 Å². The molecule has 0 N–H and O–H groups in total. The van der Waals surface area contributed by atoms with Crippen molar-refractivity contribution in [3.63, 3.8) is 0 Å². The molecule has 0 unspecified atom stereocenters. The molecule has 6 heteroatoms. The molecule has 4 aromatic rings. The molecule has 3 aromatic carbocycles. The van der Waals surface area contributed by atoms with E-state index in [-0.39, 0.29) is 5.56 Å². The van der Waals surface area contributed by atoms with Crippen LogP contribution in [0.3, 0.4) is 0 Å². The summed E-state index contributed by atoms with van der Waals surface area (Å²) in [5, 5.41) is 0.624. The lowest BCUT2D eigenvalue weighted by Crippen LogP contribution is -2.18. The molecule has 0 amide bonds. The molecule has 0 aliphatic carbocycles. The smallest absolute Gasteiger partial charge is 0.351 e. The van der Waals surface area contributed by atoms with Crippen LogP contribution in [0.1, 0.15) is 10.4 Å². The third-order valence-corrected chi connectivity index (χ3v) is 5.27. The largest absolute Gasteiger partial charge is 0.422 e. The molecule has 0 fully saturated rings. The van der Waals surface area contributed by atoms with Gasteiger partial charge in [0.05, 0.1) is 4.47 Å². The first-order chi connectivity index (χ1) is 13.5. The van der Waals surface area contributed by atoms with E-state index in [2.05, 4.69) is 31.9 Å².